The summed E-state index contributed by atoms with van der Waals surface area (Å²) >= 11 is 3.48. The lowest BCUT2D eigenvalue weighted by molar-refractivity contribution is 0.0659. The van der Waals surface area contributed by atoms with Crippen molar-refractivity contribution in [2.45, 2.75) is 29.0 Å². The molecule has 2 aromatic carbocycles. The molecule has 28 heavy (non-hydrogen) atoms. The van der Waals surface area contributed by atoms with E-state index in [1.54, 1.807) is 23.1 Å². The molecule has 0 aliphatic carbocycles. The highest BCUT2D eigenvalue weighted by atomic mass is 32.2. The monoisotopic (exact) mass is 411 g/mol. The third-order valence-electron chi connectivity index (χ3n) is 5.39. The molecule has 4 rings (SSSR count). The number of carbonyl (C=O) groups excluding carboxylic acids is 1. The first-order valence-corrected chi connectivity index (χ1v) is 11.4. The maximum Gasteiger partial charge on any atom is 0.253 e. The van der Waals surface area contributed by atoms with E-state index in [2.05, 4.69) is 41.2 Å². The first-order valence-electron chi connectivity index (χ1n) is 9.63. The number of fused-ring (bicyclic) bond motifs is 1. The standard InChI is InChI=1S/C22H25N3OS2/c1-24-13-11-18(12-14-24)25(2)21(26)17-9-7-16(8-10-17)15-27-22-23-19-5-3-4-6-20(19)28-22/h3-10,18H,11-15H2,1-2H3. The summed E-state index contributed by atoms with van der Waals surface area (Å²) in [6.07, 6.45) is 2.10. The highest BCUT2D eigenvalue weighted by Crippen LogP contribution is 2.31. The van der Waals surface area contributed by atoms with Crippen molar-refractivity contribution >= 4 is 39.2 Å². The number of rotatable bonds is 5. The summed E-state index contributed by atoms with van der Waals surface area (Å²) in [5.74, 6) is 0.985. The summed E-state index contributed by atoms with van der Waals surface area (Å²) in [7, 11) is 4.08. The number of carbonyl (C=O) groups is 1. The van der Waals surface area contributed by atoms with Crippen LogP contribution < -0.4 is 0 Å². The Morgan fingerprint density at radius 3 is 2.61 bits per heavy atom. The van der Waals surface area contributed by atoms with Crippen molar-refractivity contribution in [3.63, 3.8) is 0 Å². The minimum atomic E-state index is 0.125. The summed E-state index contributed by atoms with van der Waals surface area (Å²) < 4.78 is 2.31. The Hall–Kier alpha value is -1.89. The van der Waals surface area contributed by atoms with Crippen molar-refractivity contribution in [3.8, 4) is 0 Å². The van der Waals surface area contributed by atoms with Crippen LogP contribution in [-0.2, 0) is 5.75 Å². The number of aromatic nitrogens is 1. The Balaban J connectivity index is 1.35. The molecular weight excluding hydrogens is 386 g/mol. The summed E-state index contributed by atoms with van der Waals surface area (Å²) in [5.41, 5.74) is 3.05. The molecule has 0 unspecified atom stereocenters. The molecule has 1 aliphatic rings. The van der Waals surface area contributed by atoms with Gasteiger partial charge in [-0.15, -0.1) is 11.3 Å². The van der Waals surface area contributed by atoms with Gasteiger partial charge in [-0.05, 0) is 62.8 Å². The first kappa shape index (κ1) is 19.4. The molecule has 146 valence electrons. The number of nitrogens with zero attached hydrogens (tertiary/aromatic N) is 3. The molecule has 0 bridgehead atoms. The minimum absolute atomic E-state index is 0.125. The number of hydrogen-bond donors (Lipinski definition) is 0. The van der Waals surface area contributed by atoms with Crippen molar-refractivity contribution < 1.29 is 4.79 Å². The third-order valence-corrected chi connectivity index (χ3v) is 7.64. The molecule has 1 aliphatic heterocycles. The van der Waals surface area contributed by atoms with E-state index >= 15 is 0 Å². The molecule has 3 aromatic rings. The molecule has 6 heteroatoms. The van der Waals surface area contributed by atoms with Crippen LogP contribution in [0.2, 0.25) is 0 Å². The van der Waals surface area contributed by atoms with Gasteiger partial charge in [0.05, 0.1) is 10.2 Å². The van der Waals surface area contributed by atoms with Crippen molar-refractivity contribution in [2.75, 3.05) is 27.2 Å². The summed E-state index contributed by atoms with van der Waals surface area (Å²) in [4.78, 5) is 21.7. The predicted octanol–water partition coefficient (Wildman–Crippen LogP) is 4.75. The number of benzene rings is 2. The number of piperidine rings is 1. The van der Waals surface area contributed by atoms with Crippen LogP contribution in [0.4, 0.5) is 0 Å². The van der Waals surface area contributed by atoms with Gasteiger partial charge < -0.3 is 9.80 Å². The van der Waals surface area contributed by atoms with Gasteiger partial charge in [0.2, 0.25) is 0 Å². The average molecular weight is 412 g/mol. The predicted molar refractivity (Wildman–Crippen MR) is 118 cm³/mol. The molecule has 2 heterocycles. The minimum Gasteiger partial charge on any atom is -0.339 e. The number of likely N-dealkylation sites (tertiary alicyclic amines) is 1. The normalized spacial score (nSPS) is 15.8. The smallest absolute Gasteiger partial charge is 0.253 e. The van der Waals surface area contributed by atoms with Crippen molar-refractivity contribution in [3.05, 3.63) is 59.7 Å². The number of thioether (sulfide) groups is 1. The Labute approximate surface area is 174 Å². The second-order valence-electron chi connectivity index (χ2n) is 7.38. The quantitative estimate of drug-likeness (QED) is 0.568. The second kappa shape index (κ2) is 8.64. The summed E-state index contributed by atoms with van der Waals surface area (Å²) in [6, 6.07) is 16.6. The average Bonchev–Trinajstić information content (AvgIpc) is 3.15. The first-order chi connectivity index (χ1) is 13.6. The lowest BCUT2D eigenvalue weighted by atomic mass is 10.0. The Bertz CT molecular complexity index is 913. The van der Waals surface area contributed by atoms with E-state index in [9.17, 15) is 4.79 Å². The molecule has 0 spiro atoms. The largest absolute Gasteiger partial charge is 0.339 e. The van der Waals surface area contributed by atoms with Gasteiger partial charge in [-0.3, -0.25) is 4.79 Å². The van der Waals surface area contributed by atoms with E-state index in [0.717, 1.165) is 47.1 Å². The van der Waals surface area contributed by atoms with Gasteiger partial charge in [0.25, 0.3) is 5.91 Å². The fraction of sp³-hybridized carbons (Fsp3) is 0.364. The lowest BCUT2D eigenvalue weighted by Crippen LogP contribution is -2.44. The van der Waals surface area contributed by atoms with Gasteiger partial charge in [0.15, 0.2) is 4.34 Å². The van der Waals surface area contributed by atoms with Crippen molar-refractivity contribution in [1.29, 1.82) is 0 Å². The van der Waals surface area contributed by atoms with Gasteiger partial charge in [0, 0.05) is 24.4 Å². The highest BCUT2D eigenvalue weighted by molar-refractivity contribution is 8.00. The van der Waals surface area contributed by atoms with Crippen LogP contribution in [-0.4, -0.2) is 53.9 Å². The number of hydrogen-bond acceptors (Lipinski definition) is 5. The molecular formula is C22H25N3OS2. The maximum atomic E-state index is 12.8. The van der Waals surface area contributed by atoms with Crippen LogP contribution in [0.15, 0.2) is 52.9 Å². The zero-order valence-corrected chi connectivity index (χ0v) is 17.9. The zero-order valence-electron chi connectivity index (χ0n) is 16.3. The van der Waals surface area contributed by atoms with Gasteiger partial charge in [-0.25, -0.2) is 4.98 Å². The lowest BCUT2D eigenvalue weighted by Gasteiger charge is -2.35. The van der Waals surface area contributed by atoms with Crippen molar-refractivity contribution in [2.24, 2.45) is 0 Å². The van der Waals surface area contributed by atoms with E-state index in [1.165, 1.54) is 10.3 Å². The van der Waals surface area contributed by atoms with Crippen LogP contribution in [0.5, 0.6) is 0 Å². The fourth-order valence-corrected chi connectivity index (χ4v) is 5.58. The van der Waals surface area contributed by atoms with E-state index in [1.807, 2.05) is 36.2 Å². The summed E-state index contributed by atoms with van der Waals surface area (Å²) in [5, 5.41) is 0. The van der Waals surface area contributed by atoms with Gasteiger partial charge in [0.1, 0.15) is 0 Å². The second-order valence-corrected chi connectivity index (χ2v) is 9.64. The molecule has 0 radical (unpaired) electrons. The van der Waals surface area contributed by atoms with Crippen molar-refractivity contribution in [1.82, 2.24) is 14.8 Å². The van der Waals surface area contributed by atoms with E-state index in [0.29, 0.717) is 6.04 Å². The molecule has 1 aromatic heterocycles. The number of amides is 1. The maximum absolute atomic E-state index is 12.8. The SMILES string of the molecule is CN1CCC(N(C)C(=O)c2ccc(CSc3nc4ccccc4s3)cc2)CC1. The third kappa shape index (κ3) is 4.40. The summed E-state index contributed by atoms with van der Waals surface area (Å²) in [6.45, 7) is 2.12. The van der Waals surface area contributed by atoms with E-state index in [-0.39, 0.29) is 5.91 Å². The van der Waals surface area contributed by atoms with Crippen LogP contribution in [0.3, 0.4) is 0 Å². The Morgan fingerprint density at radius 1 is 1.18 bits per heavy atom. The Kier molecular flexibility index (Phi) is 5.99. The van der Waals surface area contributed by atoms with Crippen LogP contribution >= 0.6 is 23.1 Å². The van der Waals surface area contributed by atoms with E-state index < -0.39 is 0 Å². The Morgan fingerprint density at radius 2 is 1.89 bits per heavy atom. The highest BCUT2D eigenvalue weighted by Gasteiger charge is 2.24. The van der Waals surface area contributed by atoms with Gasteiger partial charge >= 0.3 is 0 Å². The number of para-hydroxylation sites is 1. The molecule has 0 atom stereocenters. The molecule has 0 saturated carbocycles. The number of thiazole rings is 1. The molecule has 1 amide bonds. The van der Waals surface area contributed by atoms with Crippen LogP contribution in [0, 0.1) is 0 Å². The molecule has 0 N–H and O–H groups in total. The van der Waals surface area contributed by atoms with Gasteiger partial charge in [-0.1, -0.05) is 36.0 Å². The molecule has 1 saturated heterocycles. The fourth-order valence-electron chi connectivity index (χ4n) is 3.55. The molecule has 4 nitrogen and oxygen atoms in total. The van der Waals surface area contributed by atoms with E-state index in [4.69, 9.17) is 0 Å². The van der Waals surface area contributed by atoms with Crippen LogP contribution in [0.25, 0.3) is 10.2 Å². The van der Waals surface area contributed by atoms with Crippen LogP contribution in [0.1, 0.15) is 28.8 Å². The van der Waals surface area contributed by atoms with Gasteiger partial charge in [-0.2, -0.15) is 0 Å². The zero-order chi connectivity index (χ0) is 19.5. The topological polar surface area (TPSA) is 36.4 Å². The molecule has 1 fully saturated rings.